The molecule has 1 aliphatic rings. The summed E-state index contributed by atoms with van der Waals surface area (Å²) >= 11 is 0. The van der Waals surface area contributed by atoms with E-state index in [1.165, 1.54) is 14.0 Å². The van der Waals surface area contributed by atoms with Gasteiger partial charge in [-0.25, -0.2) is 4.79 Å². The fraction of sp³-hybridized carbons (Fsp3) is 0.227. The van der Waals surface area contributed by atoms with E-state index in [-0.39, 0.29) is 5.78 Å². The maximum atomic E-state index is 12.9. The first kappa shape index (κ1) is 17.6. The van der Waals surface area contributed by atoms with Crippen LogP contribution < -0.4 is 0 Å². The van der Waals surface area contributed by atoms with Gasteiger partial charge >= 0.3 is 5.97 Å². The van der Waals surface area contributed by atoms with Gasteiger partial charge in [-0.05, 0) is 23.6 Å². The van der Waals surface area contributed by atoms with Crippen LogP contribution in [-0.2, 0) is 14.3 Å². The second-order valence-corrected chi connectivity index (χ2v) is 6.38. The molecule has 0 aliphatic heterocycles. The van der Waals surface area contributed by atoms with Crippen molar-refractivity contribution in [2.45, 2.75) is 12.8 Å². The minimum atomic E-state index is -1.58. The van der Waals surface area contributed by atoms with Crippen LogP contribution in [-0.4, -0.2) is 18.9 Å². The number of Topliss-reactive ketones (excluding diaryl/α,β-unsaturated/α-hetero) is 1. The van der Waals surface area contributed by atoms with E-state index in [1.54, 1.807) is 6.08 Å². The molecule has 1 aliphatic carbocycles. The zero-order chi connectivity index (χ0) is 18.7. The molecule has 2 aromatic rings. The molecule has 26 heavy (non-hydrogen) atoms. The number of allylic oxidation sites excluding steroid dienone is 1. The molecule has 0 heterocycles. The van der Waals surface area contributed by atoms with Crippen LogP contribution in [0.1, 0.15) is 24.0 Å². The van der Waals surface area contributed by atoms with Crippen molar-refractivity contribution < 1.29 is 14.3 Å². The second-order valence-electron chi connectivity index (χ2n) is 6.38. The second kappa shape index (κ2) is 6.97. The number of hydrogen-bond acceptors (Lipinski definition) is 4. The Labute approximate surface area is 152 Å². The highest BCUT2D eigenvalue weighted by molar-refractivity contribution is 6.02. The highest BCUT2D eigenvalue weighted by Crippen LogP contribution is 2.56. The zero-order valence-electron chi connectivity index (χ0n) is 14.7. The first-order valence-electron chi connectivity index (χ1n) is 8.39. The standard InChI is InChI=1S/C22H19NO3/c1-15(24)18-13-19(16-9-5-3-6-10-16)22(14-23,21(25)26-2)20(18)17-11-7-4-8-12-17/h3-13,18,20H,1-2H3/t18-,20-,22-/m0/s1. The number of carbonyl (C=O) groups is 2. The summed E-state index contributed by atoms with van der Waals surface area (Å²) in [6.45, 7) is 1.49. The van der Waals surface area contributed by atoms with Gasteiger partial charge in [0.25, 0.3) is 0 Å². The van der Waals surface area contributed by atoms with Crippen molar-refractivity contribution in [1.82, 2.24) is 0 Å². The summed E-state index contributed by atoms with van der Waals surface area (Å²) in [5, 5.41) is 10.2. The van der Waals surface area contributed by atoms with Gasteiger partial charge in [-0.3, -0.25) is 4.79 Å². The molecule has 4 nitrogen and oxygen atoms in total. The molecule has 3 rings (SSSR count). The number of carbonyl (C=O) groups excluding carboxylic acids is 2. The average molecular weight is 345 g/mol. The smallest absolute Gasteiger partial charge is 0.331 e. The highest BCUT2D eigenvalue weighted by atomic mass is 16.5. The number of methoxy groups -OCH3 is 1. The number of ketones is 1. The Morgan fingerprint density at radius 3 is 2.12 bits per heavy atom. The third-order valence-corrected chi connectivity index (χ3v) is 4.99. The average Bonchev–Trinajstić information content (AvgIpc) is 3.05. The minimum Gasteiger partial charge on any atom is -0.468 e. The van der Waals surface area contributed by atoms with Gasteiger partial charge in [-0.2, -0.15) is 5.26 Å². The lowest BCUT2D eigenvalue weighted by Crippen LogP contribution is -2.38. The third kappa shape index (κ3) is 2.62. The molecule has 0 saturated carbocycles. The lowest BCUT2D eigenvalue weighted by atomic mass is 9.67. The number of esters is 1. The fourth-order valence-electron chi connectivity index (χ4n) is 3.83. The molecule has 4 heteroatoms. The maximum Gasteiger partial charge on any atom is 0.331 e. The van der Waals surface area contributed by atoms with Gasteiger partial charge in [0.2, 0.25) is 0 Å². The van der Waals surface area contributed by atoms with Gasteiger partial charge in [0.15, 0.2) is 5.41 Å². The molecule has 0 spiro atoms. The SMILES string of the molecule is COC(=O)[C@@]1(C#N)C(c2ccccc2)=C[C@@H](C(C)=O)[C@@H]1c1ccccc1. The minimum absolute atomic E-state index is 0.0895. The molecule has 0 amide bonds. The van der Waals surface area contributed by atoms with Gasteiger partial charge < -0.3 is 4.74 Å². The van der Waals surface area contributed by atoms with E-state index in [0.717, 1.165) is 11.1 Å². The number of benzene rings is 2. The Hall–Kier alpha value is -3.19. The summed E-state index contributed by atoms with van der Waals surface area (Å²) in [6.07, 6.45) is 1.76. The van der Waals surface area contributed by atoms with E-state index >= 15 is 0 Å². The lowest BCUT2D eigenvalue weighted by Gasteiger charge is -2.31. The summed E-state index contributed by atoms with van der Waals surface area (Å²) in [5.41, 5.74) is 0.459. The van der Waals surface area contributed by atoms with Crippen molar-refractivity contribution in [3.05, 3.63) is 77.9 Å². The topological polar surface area (TPSA) is 67.2 Å². The summed E-state index contributed by atoms with van der Waals surface area (Å²) in [5.74, 6) is -1.94. The summed E-state index contributed by atoms with van der Waals surface area (Å²) in [4.78, 5) is 25.3. The summed E-state index contributed by atoms with van der Waals surface area (Å²) < 4.78 is 5.05. The number of nitrogens with zero attached hydrogens (tertiary/aromatic N) is 1. The Morgan fingerprint density at radius 2 is 1.62 bits per heavy atom. The Kier molecular flexibility index (Phi) is 4.73. The normalized spacial score (nSPS) is 24.4. The van der Waals surface area contributed by atoms with Gasteiger partial charge in [0.05, 0.1) is 13.2 Å². The van der Waals surface area contributed by atoms with Gasteiger partial charge in [-0.15, -0.1) is 0 Å². The fourth-order valence-corrected chi connectivity index (χ4v) is 3.83. The Balaban J connectivity index is 2.30. The van der Waals surface area contributed by atoms with E-state index in [9.17, 15) is 14.9 Å². The van der Waals surface area contributed by atoms with E-state index in [1.807, 2.05) is 60.7 Å². The molecule has 0 unspecified atom stereocenters. The molecule has 3 atom stereocenters. The van der Waals surface area contributed by atoms with Crippen molar-refractivity contribution in [3.8, 4) is 6.07 Å². The van der Waals surface area contributed by atoms with E-state index < -0.39 is 23.2 Å². The Bertz CT molecular complexity index is 896. The lowest BCUT2D eigenvalue weighted by molar-refractivity contribution is -0.147. The van der Waals surface area contributed by atoms with Crippen LogP contribution in [0.15, 0.2) is 66.7 Å². The van der Waals surface area contributed by atoms with E-state index in [0.29, 0.717) is 5.57 Å². The molecule has 0 aromatic heterocycles. The van der Waals surface area contributed by atoms with Crippen LogP contribution in [0.3, 0.4) is 0 Å². The predicted octanol–water partition coefficient (Wildman–Crippen LogP) is 3.76. The number of rotatable bonds is 4. The first-order valence-corrected chi connectivity index (χ1v) is 8.39. The largest absolute Gasteiger partial charge is 0.468 e. The van der Waals surface area contributed by atoms with E-state index in [4.69, 9.17) is 4.74 Å². The van der Waals surface area contributed by atoms with Gasteiger partial charge in [-0.1, -0.05) is 66.7 Å². The molecular formula is C22H19NO3. The Morgan fingerprint density at radius 1 is 1.04 bits per heavy atom. The predicted molar refractivity (Wildman–Crippen MR) is 97.8 cm³/mol. The van der Waals surface area contributed by atoms with Crippen LogP contribution in [0.25, 0.3) is 5.57 Å². The molecule has 130 valence electrons. The van der Waals surface area contributed by atoms with Crippen molar-refractivity contribution in [2.75, 3.05) is 7.11 Å². The summed E-state index contributed by atoms with van der Waals surface area (Å²) in [6, 6.07) is 20.7. The molecule has 0 bridgehead atoms. The zero-order valence-corrected chi connectivity index (χ0v) is 14.7. The third-order valence-electron chi connectivity index (χ3n) is 4.99. The molecule has 0 N–H and O–H groups in total. The van der Waals surface area contributed by atoms with Crippen LogP contribution >= 0.6 is 0 Å². The number of ether oxygens (including phenoxy) is 1. The monoisotopic (exact) mass is 345 g/mol. The van der Waals surface area contributed by atoms with Gasteiger partial charge in [0, 0.05) is 11.8 Å². The van der Waals surface area contributed by atoms with E-state index in [2.05, 4.69) is 6.07 Å². The highest BCUT2D eigenvalue weighted by Gasteiger charge is 2.58. The van der Waals surface area contributed by atoms with Crippen molar-refractivity contribution >= 4 is 17.3 Å². The van der Waals surface area contributed by atoms with Crippen LogP contribution in [0.4, 0.5) is 0 Å². The van der Waals surface area contributed by atoms with Gasteiger partial charge in [0.1, 0.15) is 5.78 Å². The quantitative estimate of drug-likeness (QED) is 0.792. The van der Waals surface area contributed by atoms with Crippen LogP contribution in [0.2, 0.25) is 0 Å². The van der Waals surface area contributed by atoms with Crippen molar-refractivity contribution in [1.29, 1.82) is 5.26 Å². The molecule has 0 fully saturated rings. The van der Waals surface area contributed by atoms with Crippen molar-refractivity contribution in [2.24, 2.45) is 11.3 Å². The van der Waals surface area contributed by atoms with Crippen LogP contribution in [0, 0.1) is 22.7 Å². The molecular weight excluding hydrogens is 326 g/mol. The number of hydrogen-bond donors (Lipinski definition) is 0. The summed E-state index contributed by atoms with van der Waals surface area (Å²) in [7, 11) is 1.27. The molecule has 0 saturated heterocycles. The maximum absolute atomic E-state index is 12.9. The van der Waals surface area contributed by atoms with Crippen LogP contribution in [0.5, 0.6) is 0 Å². The molecule has 0 radical (unpaired) electrons. The van der Waals surface area contributed by atoms with Crippen molar-refractivity contribution in [3.63, 3.8) is 0 Å². The first-order chi connectivity index (χ1) is 12.6. The number of nitriles is 1. The molecule has 2 aromatic carbocycles.